The van der Waals surface area contributed by atoms with Crippen LogP contribution in [0.1, 0.15) is 10.4 Å². The highest BCUT2D eigenvalue weighted by atomic mass is 79.9. The smallest absolute Gasteiger partial charge is 0.324 e. The van der Waals surface area contributed by atoms with E-state index in [1.165, 1.54) is 4.90 Å². The summed E-state index contributed by atoms with van der Waals surface area (Å²) in [5.74, 6) is -0.309. The molecule has 1 aromatic carbocycles. The molecule has 104 valence electrons. The van der Waals surface area contributed by atoms with Crippen molar-refractivity contribution in [3.8, 4) is 0 Å². The fraction of sp³-hybridized carbons (Fsp3) is 0.308. The van der Waals surface area contributed by atoms with Gasteiger partial charge in [0.2, 0.25) is 5.91 Å². The van der Waals surface area contributed by atoms with Gasteiger partial charge in [-0.3, -0.25) is 14.5 Å². The second-order valence-electron chi connectivity index (χ2n) is 4.79. The van der Waals surface area contributed by atoms with Crippen LogP contribution in [-0.4, -0.2) is 53.3 Å². The number of nitrogens with zero attached hydrogens (tertiary/aromatic N) is 2. The number of urea groups is 1. The summed E-state index contributed by atoms with van der Waals surface area (Å²) in [4.78, 5) is 38.0. The van der Waals surface area contributed by atoms with Crippen molar-refractivity contribution in [2.24, 2.45) is 0 Å². The molecular weight excluding hydrogens is 326 g/mol. The van der Waals surface area contributed by atoms with Crippen molar-refractivity contribution in [2.45, 2.75) is 6.04 Å². The van der Waals surface area contributed by atoms with Crippen molar-refractivity contribution in [3.63, 3.8) is 0 Å². The van der Waals surface area contributed by atoms with Crippen LogP contribution in [0, 0.1) is 0 Å². The van der Waals surface area contributed by atoms with E-state index >= 15 is 0 Å². The highest BCUT2D eigenvalue weighted by Crippen LogP contribution is 2.21. The number of hydrogen-bond donors (Lipinski definition) is 1. The Balaban J connectivity index is 1.63. The first-order valence-corrected chi connectivity index (χ1v) is 7.00. The van der Waals surface area contributed by atoms with Gasteiger partial charge in [-0.05, 0) is 24.3 Å². The van der Waals surface area contributed by atoms with E-state index < -0.39 is 0 Å². The van der Waals surface area contributed by atoms with Gasteiger partial charge in [0.1, 0.15) is 0 Å². The number of amides is 4. The summed E-state index contributed by atoms with van der Waals surface area (Å²) in [5.41, 5.74) is 0.601. The van der Waals surface area contributed by atoms with Crippen LogP contribution in [0.25, 0.3) is 0 Å². The average molecular weight is 338 g/mol. The van der Waals surface area contributed by atoms with Gasteiger partial charge in [0.05, 0.1) is 12.6 Å². The van der Waals surface area contributed by atoms with Crippen molar-refractivity contribution in [3.05, 3.63) is 34.3 Å². The van der Waals surface area contributed by atoms with Gasteiger partial charge in [0.15, 0.2) is 0 Å². The molecule has 1 aromatic rings. The second kappa shape index (κ2) is 4.90. The topological polar surface area (TPSA) is 69.7 Å². The molecule has 7 heteroatoms. The number of imide groups is 1. The molecule has 0 aromatic heterocycles. The molecule has 20 heavy (non-hydrogen) atoms. The van der Waals surface area contributed by atoms with Crippen LogP contribution < -0.4 is 5.32 Å². The number of hydrogen-bond acceptors (Lipinski definition) is 3. The molecule has 0 saturated carbocycles. The number of carbonyl (C=O) groups is 3. The van der Waals surface area contributed by atoms with Gasteiger partial charge in [-0.25, -0.2) is 4.79 Å². The lowest BCUT2D eigenvalue weighted by Gasteiger charge is -2.42. The van der Waals surface area contributed by atoms with Crippen molar-refractivity contribution in [1.29, 1.82) is 0 Å². The lowest BCUT2D eigenvalue weighted by Crippen LogP contribution is -2.62. The third kappa shape index (κ3) is 2.18. The molecule has 0 radical (unpaired) electrons. The Morgan fingerprint density at radius 1 is 1.20 bits per heavy atom. The van der Waals surface area contributed by atoms with Crippen molar-refractivity contribution in [2.75, 3.05) is 19.6 Å². The molecule has 0 aliphatic carbocycles. The first kappa shape index (κ1) is 13.1. The highest BCUT2D eigenvalue weighted by molar-refractivity contribution is 9.10. The second-order valence-corrected chi connectivity index (χ2v) is 5.71. The first-order valence-electron chi connectivity index (χ1n) is 6.21. The molecule has 2 saturated heterocycles. The summed E-state index contributed by atoms with van der Waals surface area (Å²) in [6, 6.07) is 6.53. The molecule has 0 atom stereocenters. The van der Waals surface area contributed by atoms with Crippen LogP contribution in [0.2, 0.25) is 0 Å². The number of carbonyl (C=O) groups excluding carboxylic acids is 3. The van der Waals surface area contributed by atoms with Gasteiger partial charge < -0.3 is 10.2 Å². The molecule has 3 rings (SSSR count). The van der Waals surface area contributed by atoms with E-state index in [1.54, 1.807) is 17.0 Å². The van der Waals surface area contributed by atoms with Gasteiger partial charge >= 0.3 is 6.03 Å². The zero-order valence-electron chi connectivity index (χ0n) is 10.5. The molecule has 2 heterocycles. The number of benzene rings is 1. The van der Waals surface area contributed by atoms with E-state index in [9.17, 15) is 14.4 Å². The Morgan fingerprint density at radius 2 is 1.85 bits per heavy atom. The minimum absolute atomic E-state index is 0.0516. The monoisotopic (exact) mass is 337 g/mol. The highest BCUT2D eigenvalue weighted by Gasteiger charge is 2.42. The minimum Gasteiger partial charge on any atom is -0.334 e. The summed E-state index contributed by atoms with van der Waals surface area (Å²) in [7, 11) is 0. The maximum absolute atomic E-state index is 12.2. The molecule has 2 aliphatic heterocycles. The Bertz CT molecular complexity index is 565. The summed E-state index contributed by atoms with van der Waals surface area (Å²) < 4.78 is 0.912. The standard InChI is InChI=1S/C13H12BrN3O3/c14-9-3-1-8(2-4-9)12(19)16-6-10(7-16)17-11(18)5-15-13(17)20/h1-4,10H,5-7H2,(H,15,20). The number of nitrogens with one attached hydrogen (secondary N) is 1. The van der Waals surface area contributed by atoms with Gasteiger partial charge in [-0.15, -0.1) is 0 Å². The summed E-state index contributed by atoms with van der Waals surface area (Å²) in [6.45, 7) is 0.845. The van der Waals surface area contributed by atoms with Gasteiger partial charge in [0.25, 0.3) is 5.91 Å². The molecule has 4 amide bonds. The van der Waals surface area contributed by atoms with Gasteiger partial charge in [-0.2, -0.15) is 0 Å². The Morgan fingerprint density at radius 3 is 2.40 bits per heavy atom. The van der Waals surface area contributed by atoms with E-state index in [2.05, 4.69) is 21.2 Å². The molecule has 2 fully saturated rings. The van der Waals surface area contributed by atoms with Crippen molar-refractivity contribution < 1.29 is 14.4 Å². The van der Waals surface area contributed by atoms with Crippen molar-refractivity contribution >= 4 is 33.8 Å². The maximum atomic E-state index is 12.2. The van der Waals surface area contributed by atoms with E-state index in [0.29, 0.717) is 18.7 Å². The zero-order chi connectivity index (χ0) is 14.3. The molecule has 2 aliphatic rings. The van der Waals surface area contributed by atoms with Crippen LogP contribution in [0.3, 0.4) is 0 Å². The number of halogens is 1. The maximum Gasteiger partial charge on any atom is 0.324 e. The Labute approximate surface area is 123 Å². The predicted molar refractivity (Wildman–Crippen MR) is 74.1 cm³/mol. The van der Waals surface area contributed by atoms with Gasteiger partial charge in [-0.1, -0.05) is 15.9 Å². The minimum atomic E-state index is -0.365. The molecular formula is C13H12BrN3O3. The van der Waals surface area contributed by atoms with Gasteiger partial charge in [0, 0.05) is 23.1 Å². The van der Waals surface area contributed by atoms with Crippen LogP contribution in [0.5, 0.6) is 0 Å². The Kier molecular flexibility index (Phi) is 3.21. The van der Waals surface area contributed by atoms with Crippen LogP contribution in [0.15, 0.2) is 28.7 Å². The lowest BCUT2D eigenvalue weighted by atomic mass is 10.1. The molecule has 0 spiro atoms. The average Bonchev–Trinajstić information content (AvgIpc) is 2.70. The van der Waals surface area contributed by atoms with E-state index in [1.807, 2.05) is 12.1 Å². The number of rotatable bonds is 2. The largest absolute Gasteiger partial charge is 0.334 e. The summed E-state index contributed by atoms with van der Waals surface area (Å²) in [5, 5.41) is 2.48. The van der Waals surface area contributed by atoms with E-state index in [4.69, 9.17) is 0 Å². The quantitative estimate of drug-likeness (QED) is 0.812. The van der Waals surface area contributed by atoms with Crippen LogP contribution in [0.4, 0.5) is 4.79 Å². The first-order chi connectivity index (χ1) is 9.56. The fourth-order valence-corrected chi connectivity index (χ4v) is 2.63. The molecule has 0 bridgehead atoms. The van der Waals surface area contributed by atoms with Crippen molar-refractivity contribution in [1.82, 2.24) is 15.1 Å². The fourth-order valence-electron chi connectivity index (χ4n) is 2.36. The predicted octanol–water partition coefficient (Wildman–Crippen LogP) is 0.825. The van der Waals surface area contributed by atoms with E-state index in [-0.39, 0.29) is 30.4 Å². The summed E-state index contributed by atoms with van der Waals surface area (Å²) >= 11 is 3.32. The lowest BCUT2D eigenvalue weighted by molar-refractivity contribution is -0.128. The van der Waals surface area contributed by atoms with Crippen LogP contribution in [-0.2, 0) is 4.79 Å². The molecule has 0 unspecified atom stereocenters. The van der Waals surface area contributed by atoms with E-state index in [0.717, 1.165) is 4.47 Å². The third-order valence-electron chi connectivity index (χ3n) is 3.48. The SMILES string of the molecule is O=C(c1ccc(Br)cc1)N1CC(N2C(=O)CNC2=O)C1. The Hall–Kier alpha value is -1.89. The zero-order valence-corrected chi connectivity index (χ0v) is 12.1. The summed E-state index contributed by atoms with van der Waals surface area (Å²) in [6.07, 6.45) is 0. The number of likely N-dealkylation sites (tertiary alicyclic amines) is 1. The molecule has 1 N–H and O–H groups in total. The molecule has 6 nitrogen and oxygen atoms in total. The van der Waals surface area contributed by atoms with Crippen LogP contribution >= 0.6 is 15.9 Å². The third-order valence-corrected chi connectivity index (χ3v) is 4.01. The normalized spacial score (nSPS) is 19.1.